The molecule has 0 radical (unpaired) electrons. The van der Waals surface area contributed by atoms with Crippen LogP contribution >= 0.6 is 0 Å². The third-order valence-electron chi connectivity index (χ3n) is 3.72. The minimum atomic E-state index is -0.358. The number of aryl methyl sites for hydroxylation is 1. The van der Waals surface area contributed by atoms with Crippen LogP contribution < -0.4 is 5.73 Å². The molecule has 0 aliphatic heterocycles. The van der Waals surface area contributed by atoms with E-state index in [0.29, 0.717) is 0 Å². The van der Waals surface area contributed by atoms with Crippen LogP contribution in [0.1, 0.15) is 24.1 Å². The van der Waals surface area contributed by atoms with Crippen LogP contribution in [0.2, 0.25) is 0 Å². The fourth-order valence-electron chi connectivity index (χ4n) is 2.51. The first-order valence-electron chi connectivity index (χ1n) is 6.01. The fourth-order valence-corrected chi connectivity index (χ4v) is 2.51. The number of nitrogens with two attached hydrogens (primary N) is 1. The molecule has 3 N–H and O–H groups in total. The summed E-state index contributed by atoms with van der Waals surface area (Å²) in [6.45, 7) is 2.07. The van der Waals surface area contributed by atoms with Crippen molar-refractivity contribution < 1.29 is 5.21 Å². The Morgan fingerprint density at radius 1 is 1.39 bits per heavy atom. The second-order valence-corrected chi connectivity index (χ2v) is 4.95. The zero-order valence-corrected chi connectivity index (χ0v) is 10.2. The van der Waals surface area contributed by atoms with Crippen LogP contribution in [0.25, 0.3) is 10.8 Å². The number of rotatable bonds is 2. The number of nitrogens with zero attached hydrogens (tertiary/aromatic N) is 2. The van der Waals surface area contributed by atoms with Crippen molar-refractivity contribution in [1.29, 1.82) is 0 Å². The van der Waals surface area contributed by atoms with Gasteiger partial charge >= 0.3 is 0 Å². The number of hydrogen-bond donors (Lipinski definition) is 2. The summed E-state index contributed by atoms with van der Waals surface area (Å²) in [5, 5.41) is 14.3. The van der Waals surface area contributed by atoms with E-state index < -0.39 is 0 Å². The van der Waals surface area contributed by atoms with Crippen LogP contribution in [-0.4, -0.2) is 16.0 Å². The Hall–Kier alpha value is -2.10. The van der Waals surface area contributed by atoms with Gasteiger partial charge in [-0.05, 0) is 31.2 Å². The van der Waals surface area contributed by atoms with Crippen molar-refractivity contribution in [3.8, 4) is 0 Å². The summed E-state index contributed by atoms with van der Waals surface area (Å²) in [5.41, 5.74) is 7.61. The maximum atomic E-state index is 8.92. The lowest BCUT2D eigenvalue weighted by atomic mass is 9.94. The van der Waals surface area contributed by atoms with Crippen LogP contribution in [0, 0.1) is 6.92 Å². The molecule has 0 unspecified atom stereocenters. The van der Waals surface area contributed by atoms with Gasteiger partial charge in [0, 0.05) is 11.6 Å². The normalized spacial score (nSPS) is 17.9. The Morgan fingerprint density at radius 3 is 2.83 bits per heavy atom. The molecule has 18 heavy (non-hydrogen) atoms. The highest BCUT2D eigenvalue weighted by molar-refractivity contribution is 5.98. The van der Waals surface area contributed by atoms with Crippen molar-refractivity contribution >= 4 is 16.6 Å². The van der Waals surface area contributed by atoms with Crippen molar-refractivity contribution in [1.82, 2.24) is 4.98 Å². The highest BCUT2D eigenvalue weighted by Crippen LogP contribution is 2.49. The standard InChI is InChI=1S/C14H15N3O/c1-9-2-3-11-10(8-9)4-7-16-12(11)14(5-6-14)13(15)17-18/h2-4,7-8,18H,5-6H2,1H3,(H2,15,17). The van der Waals surface area contributed by atoms with Gasteiger partial charge in [0.1, 0.15) is 0 Å². The molecule has 4 nitrogen and oxygen atoms in total. The van der Waals surface area contributed by atoms with E-state index in [1.54, 1.807) is 6.20 Å². The third-order valence-corrected chi connectivity index (χ3v) is 3.72. The lowest BCUT2D eigenvalue weighted by Crippen LogP contribution is -2.30. The van der Waals surface area contributed by atoms with Crippen molar-refractivity contribution in [3.05, 3.63) is 41.7 Å². The van der Waals surface area contributed by atoms with Crippen LogP contribution in [-0.2, 0) is 5.41 Å². The third kappa shape index (κ3) is 1.45. The number of oxime groups is 1. The van der Waals surface area contributed by atoms with Crippen molar-refractivity contribution in [2.24, 2.45) is 10.9 Å². The van der Waals surface area contributed by atoms with E-state index in [4.69, 9.17) is 10.9 Å². The van der Waals surface area contributed by atoms with Gasteiger partial charge < -0.3 is 10.9 Å². The summed E-state index contributed by atoms with van der Waals surface area (Å²) in [4.78, 5) is 4.47. The minimum Gasteiger partial charge on any atom is -0.409 e. The van der Waals surface area contributed by atoms with Gasteiger partial charge in [0.2, 0.25) is 0 Å². The Balaban J connectivity index is 2.25. The molecule has 1 aromatic carbocycles. The molecule has 1 heterocycles. The molecule has 1 saturated carbocycles. The van der Waals surface area contributed by atoms with Crippen molar-refractivity contribution in [2.75, 3.05) is 0 Å². The summed E-state index contributed by atoms with van der Waals surface area (Å²) < 4.78 is 0. The molecule has 92 valence electrons. The van der Waals surface area contributed by atoms with E-state index >= 15 is 0 Å². The van der Waals surface area contributed by atoms with Gasteiger partial charge in [0.25, 0.3) is 0 Å². The molecule has 0 amide bonds. The van der Waals surface area contributed by atoms with E-state index in [2.05, 4.69) is 35.3 Å². The maximum Gasteiger partial charge on any atom is 0.151 e. The summed E-state index contributed by atoms with van der Waals surface area (Å²) in [6, 6.07) is 8.25. The molecule has 0 saturated heterocycles. The van der Waals surface area contributed by atoms with E-state index in [-0.39, 0.29) is 11.3 Å². The molecule has 1 aliphatic rings. The lowest BCUT2D eigenvalue weighted by molar-refractivity contribution is 0.315. The first-order chi connectivity index (χ1) is 8.67. The van der Waals surface area contributed by atoms with Gasteiger partial charge in [-0.15, -0.1) is 0 Å². The summed E-state index contributed by atoms with van der Waals surface area (Å²) in [6.07, 6.45) is 3.58. The molecular weight excluding hydrogens is 226 g/mol. The topological polar surface area (TPSA) is 71.5 Å². The predicted octanol–water partition coefficient (Wildman–Crippen LogP) is 2.32. The SMILES string of the molecule is Cc1ccc2c(C3(/C(N)=N\O)CC3)nccc2c1. The fraction of sp³-hybridized carbons (Fsp3) is 0.286. The van der Waals surface area contributed by atoms with Gasteiger partial charge in [-0.1, -0.05) is 28.9 Å². The Morgan fingerprint density at radius 2 is 2.17 bits per heavy atom. The molecule has 0 bridgehead atoms. The first-order valence-corrected chi connectivity index (χ1v) is 6.01. The number of benzene rings is 1. The summed E-state index contributed by atoms with van der Waals surface area (Å²) in [5.74, 6) is 0.267. The number of pyridine rings is 1. The van der Waals surface area contributed by atoms with Crippen molar-refractivity contribution in [2.45, 2.75) is 25.2 Å². The van der Waals surface area contributed by atoms with Crippen LogP contribution in [0.4, 0.5) is 0 Å². The average Bonchev–Trinajstić information content (AvgIpc) is 3.18. The largest absolute Gasteiger partial charge is 0.409 e. The highest BCUT2D eigenvalue weighted by atomic mass is 16.4. The van der Waals surface area contributed by atoms with E-state index in [1.807, 2.05) is 6.07 Å². The van der Waals surface area contributed by atoms with Crippen LogP contribution in [0.3, 0.4) is 0 Å². The number of hydrogen-bond acceptors (Lipinski definition) is 3. The van der Waals surface area contributed by atoms with Gasteiger partial charge in [-0.25, -0.2) is 0 Å². The second kappa shape index (κ2) is 3.70. The molecular formula is C14H15N3O. The highest BCUT2D eigenvalue weighted by Gasteiger charge is 2.50. The van der Waals surface area contributed by atoms with E-state index in [1.165, 1.54) is 5.56 Å². The zero-order valence-electron chi connectivity index (χ0n) is 10.2. The Labute approximate surface area is 105 Å². The molecule has 2 aromatic rings. The number of aromatic nitrogens is 1. The molecule has 1 aromatic heterocycles. The number of fused-ring (bicyclic) bond motifs is 1. The smallest absolute Gasteiger partial charge is 0.151 e. The maximum absolute atomic E-state index is 8.92. The lowest BCUT2D eigenvalue weighted by Gasteiger charge is -2.15. The Kier molecular flexibility index (Phi) is 2.26. The van der Waals surface area contributed by atoms with Crippen LogP contribution in [0.15, 0.2) is 35.6 Å². The predicted molar refractivity (Wildman–Crippen MR) is 70.8 cm³/mol. The first kappa shape index (κ1) is 11.0. The summed E-state index contributed by atoms with van der Waals surface area (Å²) >= 11 is 0. The van der Waals surface area contributed by atoms with Crippen molar-refractivity contribution in [3.63, 3.8) is 0 Å². The van der Waals surface area contributed by atoms with Gasteiger partial charge in [-0.2, -0.15) is 0 Å². The Bertz CT molecular complexity index is 645. The molecule has 1 aliphatic carbocycles. The van der Waals surface area contributed by atoms with E-state index in [0.717, 1.165) is 29.3 Å². The zero-order chi connectivity index (χ0) is 12.8. The van der Waals surface area contributed by atoms with Crippen LogP contribution in [0.5, 0.6) is 0 Å². The molecule has 3 rings (SSSR count). The summed E-state index contributed by atoms with van der Waals surface area (Å²) in [7, 11) is 0. The van der Waals surface area contributed by atoms with E-state index in [9.17, 15) is 0 Å². The molecule has 0 atom stereocenters. The van der Waals surface area contributed by atoms with Gasteiger partial charge in [-0.3, -0.25) is 4.98 Å². The quantitative estimate of drug-likeness (QED) is 0.367. The minimum absolute atomic E-state index is 0.267. The average molecular weight is 241 g/mol. The molecule has 1 fully saturated rings. The van der Waals surface area contributed by atoms with Gasteiger partial charge in [0.15, 0.2) is 5.84 Å². The number of amidine groups is 1. The monoisotopic (exact) mass is 241 g/mol. The second-order valence-electron chi connectivity index (χ2n) is 4.95. The van der Waals surface area contributed by atoms with Gasteiger partial charge in [0.05, 0.1) is 11.1 Å². The molecule has 0 spiro atoms. The molecule has 4 heteroatoms.